The summed E-state index contributed by atoms with van der Waals surface area (Å²) in [6.07, 6.45) is 8.17. The van der Waals surface area contributed by atoms with Gasteiger partial charge in [0.15, 0.2) is 0 Å². The number of aromatic nitrogens is 2. The number of aliphatic hydroxyl groups is 1. The van der Waals surface area contributed by atoms with Crippen LogP contribution in [0.4, 0.5) is 5.82 Å². The van der Waals surface area contributed by atoms with E-state index in [1.54, 1.807) is 11.3 Å². The number of fused-ring (bicyclic) bond motifs is 1. The number of anilines is 1. The lowest BCUT2D eigenvalue weighted by molar-refractivity contribution is 0.237. The predicted molar refractivity (Wildman–Crippen MR) is 97.4 cm³/mol. The second-order valence-corrected chi connectivity index (χ2v) is 7.42. The number of nitrogens with one attached hydrogen (secondary N) is 1. The van der Waals surface area contributed by atoms with Gasteiger partial charge in [0.25, 0.3) is 0 Å². The zero-order chi connectivity index (χ0) is 16.4. The Balaban J connectivity index is 1.92. The summed E-state index contributed by atoms with van der Waals surface area (Å²) in [7, 11) is 0. The van der Waals surface area contributed by atoms with Gasteiger partial charge in [-0.25, -0.2) is 4.98 Å². The van der Waals surface area contributed by atoms with Gasteiger partial charge in [0.2, 0.25) is 5.28 Å². The number of halogens is 1. The minimum absolute atomic E-state index is 0.187. The van der Waals surface area contributed by atoms with Crippen LogP contribution in [0.15, 0.2) is 23.8 Å². The van der Waals surface area contributed by atoms with E-state index in [9.17, 15) is 5.11 Å². The minimum atomic E-state index is 0.187. The van der Waals surface area contributed by atoms with Crippen LogP contribution in [-0.2, 0) is 6.42 Å². The van der Waals surface area contributed by atoms with Crippen molar-refractivity contribution >= 4 is 39.0 Å². The highest BCUT2D eigenvalue weighted by molar-refractivity contribution is 7.19. The van der Waals surface area contributed by atoms with E-state index in [0.717, 1.165) is 41.0 Å². The van der Waals surface area contributed by atoms with E-state index in [2.05, 4.69) is 40.4 Å². The average Bonchev–Trinajstić information content (AvgIpc) is 3.15. The number of allylic oxidation sites excluding steroid dienone is 3. The maximum atomic E-state index is 9.30. The number of aliphatic hydroxyl groups excluding tert-OH is 1. The Hall–Kier alpha value is -1.43. The lowest BCUT2D eigenvalue weighted by atomic mass is 10.1. The third-order valence-electron chi connectivity index (χ3n) is 4.01. The van der Waals surface area contributed by atoms with Crippen molar-refractivity contribution in [3.05, 3.63) is 39.5 Å². The van der Waals surface area contributed by atoms with Gasteiger partial charge in [0.05, 0.1) is 10.2 Å². The van der Waals surface area contributed by atoms with Gasteiger partial charge in [-0.1, -0.05) is 25.2 Å². The first-order valence-electron chi connectivity index (χ1n) is 7.73. The molecule has 4 nitrogen and oxygen atoms in total. The van der Waals surface area contributed by atoms with Crippen molar-refractivity contribution < 1.29 is 5.11 Å². The molecule has 122 valence electrons. The number of hydrogen-bond donors (Lipinski definition) is 2. The summed E-state index contributed by atoms with van der Waals surface area (Å²) < 4.78 is 1.04. The summed E-state index contributed by atoms with van der Waals surface area (Å²) >= 11 is 7.80. The fourth-order valence-electron chi connectivity index (χ4n) is 2.62. The van der Waals surface area contributed by atoms with Crippen LogP contribution in [0.1, 0.15) is 23.8 Å². The summed E-state index contributed by atoms with van der Waals surface area (Å²) in [5.41, 5.74) is 3.38. The molecule has 1 atom stereocenters. The number of rotatable bonds is 6. The predicted octanol–water partition coefficient (Wildman–Crippen LogP) is 4.12. The molecule has 0 saturated carbocycles. The molecular weight excluding hydrogens is 330 g/mol. The van der Waals surface area contributed by atoms with Crippen LogP contribution in [0.5, 0.6) is 0 Å². The quantitative estimate of drug-likeness (QED) is 0.770. The van der Waals surface area contributed by atoms with Gasteiger partial charge >= 0.3 is 0 Å². The minimum Gasteiger partial charge on any atom is -0.396 e. The molecule has 1 aliphatic rings. The van der Waals surface area contributed by atoms with Gasteiger partial charge in [-0.3, -0.25) is 0 Å². The van der Waals surface area contributed by atoms with Gasteiger partial charge in [0, 0.05) is 18.0 Å². The molecular formula is C17H20ClN3OS. The van der Waals surface area contributed by atoms with Gasteiger partial charge in [0.1, 0.15) is 5.82 Å². The van der Waals surface area contributed by atoms with Crippen LogP contribution < -0.4 is 5.32 Å². The third-order valence-corrected chi connectivity index (χ3v) is 5.49. The highest BCUT2D eigenvalue weighted by atomic mass is 35.5. The van der Waals surface area contributed by atoms with Crippen molar-refractivity contribution in [3.8, 4) is 0 Å². The number of hydrogen-bond acceptors (Lipinski definition) is 5. The first kappa shape index (κ1) is 16.4. The molecule has 1 aliphatic carbocycles. The Kier molecular flexibility index (Phi) is 4.99. The van der Waals surface area contributed by atoms with Gasteiger partial charge in [-0.05, 0) is 48.4 Å². The van der Waals surface area contributed by atoms with E-state index < -0.39 is 0 Å². The van der Waals surface area contributed by atoms with Crippen molar-refractivity contribution in [2.24, 2.45) is 5.92 Å². The van der Waals surface area contributed by atoms with Crippen molar-refractivity contribution in [2.45, 2.75) is 26.7 Å². The summed E-state index contributed by atoms with van der Waals surface area (Å²) in [6.45, 7) is 5.05. The molecule has 0 aromatic carbocycles. The standard InChI is InChI=1S/C17H20ClN3OS/c1-10(9-22)7-13-11(2)14-15(23-13)16(21-17(18)20-14)19-8-12-5-3-4-6-12/h3-5,10,22H,6-9H2,1-2H3,(H,19,20,21)/t10-/m0/s1. The Bertz CT molecular complexity index is 782. The summed E-state index contributed by atoms with van der Waals surface area (Å²) in [5.74, 6) is 1.03. The Morgan fingerprint density at radius 1 is 1.43 bits per heavy atom. The van der Waals surface area contributed by atoms with Crippen molar-refractivity contribution in [3.63, 3.8) is 0 Å². The maximum Gasteiger partial charge on any atom is 0.224 e. The van der Waals surface area contributed by atoms with E-state index >= 15 is 0 Å². The van der Waals surface area contributed by atoms with Crippen molar-refractivity contribution in [2.75, 3.05) is 18.5 Å². The summed E-state index contributed by atoms with van der Waals surface area (Å²) in [4.78, 5) is 10.0. The van der Waals surface area contributed by atoms with Gasteiger partial charge in [-0.15, -0.1) is 11.3 Å². The largest absolute Gasteiger partial charge is 0.396 e. The maximum absolute atomic E-state index is 9.30. The first-order chi connectivity index (χ1) is 11.1. The number of aryl methyl sites for hydroxylation is 1. The summed E-state index contributed by atoms with van der Waals surface area (Å²) in [6, 6.07) is 0. The monoisotopic (exact) mass is 349 g/mol. The Labute approximate surface area is 144 Å². The fourth-order valence-corrected chi connectivity index (χ4v) is 4.16. The molecule has 23 heavy (non-hydrogen) atoms. The second-order valence-electron chi connectivity index (χ2n) is 5.97. The molecule has 0 bridgehead atoms. The van der Waals surface area contributed by atoms with Crippen LogP contribution in [-0.4, -0.2) is 28.2 Å². The zero-order valence-electron chi connectivity index (χ0n) is 13.3. The average molecular weight is 350 g/mol. The van der Waals surface area contributed by atoms with Crippen LogP contribution in [0.2, 0.25) is 5.28 Å². The molecule has 0 fully saturated rings. The molecule has 0 saturated heterocycles. The SMILES string of the molecule is Cc1c(C[C@H](C)CO)sc2c(NCC3=CC=CC3)nc(Cl)nc12. The number of nitrogens with zero attached hydrogens (tertiary/aromatic N) is 2. The molecule has 6 heteroatoms. The van der Waals surface area contributed by atoms with Crippen molar-refractivity contribution in [1.82, 2.24) is 9.97 Å². The highest BCUT2D eigenvalue weighted by Crippen LogP contribution is 2.36. The van der Waals surface area contributed by atoms with E-state index in [4.69, 9.17) is 11.6 Å². The molecule has 0 aliphatic heterocycles. The zero-order valence-corrected chi connectivity index (χ0v) is 14.8. The van der Waals surface area contributed by atoms with Gasteiger partial charge in [-0.2, -0.15) is 4.98 Å². The topological polar surface area (TPSA) is 58.0 Å². The summed E-state index contributed by atoms with van der Waals surface area (Å²) in [5, 5.41) is 13.0. The molecule has 0 amide bonds. The molecule has 0 unspecified atom stereocenters. The highest BCUT2D eigenvalue weighted by Gasteiger charge is 2.17. The Morgan fingerprint density at radius 2 is 2.26 bits per heavy atom. The van der Waals surface area contributed by atoms with Crippen LogP contribution in [0, 0.1) is 12.8 Å². The molecule has 0 spiro atoms. The third kappa shape index (κ3) is 3.57. The van der Waals surface area contributed by atoms with E-state index in [0.29, 0.717) is 0 Å². The van der Waals surface area contributed by atoms with Crippen molar-refractivity contribution in [1.29, 1.82) is 0 Å². The number of thiophene rings is 1. The smallest absolute Gasteiger partial charge is 0.224 e. The molecule has 2 heterocycles. The second kappa shape index (κ2) is 6.99. The lowest BCUT2D eigenvalue weighted by Crippen LogP contribution is -2.06. The van der Waals surface area contributed by atoms with Crippen LogP contribution in [0.25, 0.3) is 10.2 Å². The van der Waals surface area contributed by atoms with Crippen LogP contribution >= 0.6 is 22.9 Å². The van der Waals surface area contributed by atoms with E-state index in [-0.39, 0.29) is 17.8 Å². The fraction of sp³-hybridized carbons (Fsp3) is 0.412. The molecule has 2 aromatic heterocycles. The lowest BCUT2D eigenvalue weighted by Gasteiger charge is -2.07. The van der Waals surface area contributed by atoms with Gasteiger partial charge < -0.3 is 10.4 Å². The Morgan fingerprint density at radius 3 is 2.96 bits per heavy atom. The normalized spacial score (nSPS) is 15.2. The molecule has 3 rings (SSSR count). The van der Waals surface area contributed by atoms with E-state index in [1.807, 2.05) is 6.92 Å². The first-order valence-corrected chi connectivity index (χ1v) is 8.92. The van der Waals surface area contributed by atoms with Crippen LogP contribution in [0.3, 0.4) is 0 Å². The molecule has 0 radical (unpaired) electrons. The molecule has 2 N–H and O–H groups in total. The molecule has 2 aromatic rings. The van der Waals surface area contributed by atoms with E-state index in [1.165, 1.54) is 10.5 Å².